The van der Waals surface area contributed by atoms with Crippen molar-refractivity contribution >= 4 is 28.7 Å². The molecule has 1 unspecified atom stereocenters. The van der Waals surface area contributed by atoms with Crippen LogP contribution in [0.25, 0.3) is 11.0 Å². The molecule has 134 valence electrons. The maximum atomic E-state index is 6.15. The summed E-state index contributed by atoms with van der Waals surface area (Å²) in [7, 11) is 1.86. The maximum absolute atomic E-state index is 6.15. The molecule has 3 aromatic heterocycles. The van der Waals surface area contributed by atoms with Gasteiger partial charge in [0.1, 0.15) is 5.82 Å². The maximum Gasteiger partial charge on any atom is 0.229 e. The number of nitrogens with zero attached hydrogens (tertiary/aromatic N) is 7. The Labute approximate surface area is 150 Å². The lowest BCUT2D eigenvalue weighted by Gasteiger charge is -2.40. The first kappa shape index (κ1) is 15.3. The summed E-state index contributed by atoms with van der Waals surface area (Å²) in [5.41, 5.74) is 15.1. The van der Waals surface area contributed by atoms with Crippen molar-refractivity contribution < 1.29 is 0 Å². The zero-order valence-electron chi connectivity index (χ0n) is 14.7. The number of hydrogen-bond donors (Lipinski definition) is 2. The van der Waals surface area contributed by atoms with Crippen molar-refractivity contribution in [2.24, 2.45) is 7.05 Å². The first-order valence-electron chi connectivity index (χ1n) is 8.88. The molecule has 0 aromatic carbocycles. The smallest absolute Gasteiger partial charge is 0.229 e. The molecule has 0 saturated carbocycles. The van der Waals surface area contributed by atoms with Gasteiger partial charge in [0.2, 0.25) is 11.9 Å². The fraction of sp³-hybridized carbons (Fsp3) is 0.471. The van der Waals surface area contributed by atoms with E-state index in [0.29, 0.717) is 17.7 Å². The second-order valence-corrected chi connectivity index (χ2v) is 7.32. The van der Waals surface area contributed by atoms with E-state index < -0.39 is 0 Å². The summed E-state index contributed by atoms with van der Waals surface area (Å²) >= 11 is 0. The summed E-state index contributed by atoms with van der Waals surface area (Å²) < 4.78 is 1.73. The molecule has 4 N–H and O–H groups in total. The Bertz CT molecular complexity index is 1010. The van der Waals surface area contributed by atoms with Gasteiger partial charge in [0, 0.05) is 31.7 Å². The summed E-state index contributed by atoms with van der Waals surface area (Å²) in [6.45, 7) is 1.72. The van der Waals surface area contributed by atoms with Crippen molar-refractivity contribution in [3.63, 3.8) is 0 Å². The predicted molar refractivity (Wildman–Crippen MR) is 98.6 cm³/mol. The van der Waals surface area contributed by atoms with Gasteiger partial charge in [0.15, 0.2) is 5.65 Å². The number of anilines is 3. The number of piperidine rings is 1. The molecule has 4 heterocycles. The highest BCUT2D eigenvalue weighted by molar-refractivity contribution is 5.86. The molecule has 1 fully saturated rings. The topological polar surface area (TPSA) is 125 Å². The first-order chi connectivity index (χ1) is 12.6. The molecule has 1 saturated heterocycles. The fourth-order valence-corrected chi connectivity index (χ4v) is 4.43. The van der Waals surface area contributed by atoms with Crippen LogP contribution in [0.3, 0.4) is 0 Å². The Kier molecular flexibility index (Phi) is 3.10. The summed E-state index contributed by atoms with van der Waals surface area (Å²) in [6.07, 6.45) is 7.78. The molecule has 5 rings (SSSR count). The standard InChI is InChI=1S/C17H21N9/c1-25-14-11(8-21-25)13(18)23-16(24-14)26-6-2-4-17(9-26)5-3-10-7-20-15(19)22-12(10)17/h7-8H,2-6,9H2,1H3,(H2,18,23,24)(H2,19,20,22). The molecule has 9 heteroatoms. The van der Waals surface area contributed by atoms with E-state index in [1.54, 1.807) is 10.9 Å². The summed E-state index contributed by atoms with van der Waals surface area (Å²) in [4.78, 5) is 20.2. The molecule has 9 nitrogen and oxygen atoms in total. The highest BCUT2D eigenvalue weighted by atomic mass is 15.3. The quantitative estimate of drug-likeness (QED) is 0.659. The molecule has 1 aliphatic heterocycles. The Morgan fingerprint density at radius 2 is 2.00 bits per heavy atom. The van der Waals surface area contributed by atoms with E-state index in [1.165, 1.54) is 5.56 Å². The van der Waals surface area contributed by atoms with Crippen LogP contribution in [0.1, 0.15) is 30.5 Å². The van der Waals surface area contributed by atoms with Crippen LogP contribution in [0.5, 0.6) is 0 Å². The van der Waals surface area contributed by atoms with Crippen LogP contribution in [0.15, 0.2) is 12.4 Å². The van der Waals surface area contributed by atoms with Crippen LogP contribution < -0.4 is 16.4 Å². The number of aryl methyl sites for hydroxylation is 2. The van der Waals surface area contributed by atoms with Crippen LogP contribution in [0.2, 0.25) is 0 Å². The van der Waals surface area contributed by atoms with Gasteiger partial charge in [-0.3, -0.25) is 4.68 Å². The molecule has 0 amide bonds. The molecule has 26 heavy (non-hydrogen) atoms. The molecule has 1 spiro atoms. The van der Waals surface area contributed by atoms with Crippen LogP contribution in [0.4, 0.5) is 17.7 Å². The number of aromatic nitrogens is 6. The Morgan fingerprint density at radius 3 is 2.88 bits per heavy atom. The number of fused-ring (bicyclic) bond motifs is 3. The minimum Gasteiger partial charge on any atom is -0.383 e. The molecule has 1 atom stereocenters. The molecular weight excluding hydrogens is 330 g/mol. The van der Waals surface area contributed by atoms with Crippen LogP contribution in [-0.2, 0) is 18.9 Å². The third-order valence-corrected chi connectivity index (χ3v) is 5.73. The predicted octanol–water partition coefficient (Wildman–Crippen LogP) is 0.802. The lowest BCUT2D eigenvalue weighted by Crippen LogP contribution is -2.46. The molecule has 3 aromatic rings. The van der Waals surface area contributed by atoms with Crippen molar-refractivity contribution in [1.29, 1.82) is 0 Å². The lowest BCUT2D eigenvalue weighted by atomic mass is 9.77. The second-order valence-electron chi connectivity index (χ2n) is 7.32. The molecule has 2 aliphatic rings. The van der Waals surface area contributed by atoms with Crippen LogP contribution >= 0.6 is 0 Å². The van der Waals surface area contributed by atoms with Gasteiger partial charge < -0.3 is 16.4 Å². The van der Waals surface area contributed by atoms with Gasteiger partial charge in [0.05, 0.1) is 17.3 Å². The normalized spacial score (nSPS) is 22.3. The van der Waals surface area contributed by atoms with Crippen molar-refractivity contribution in [3.8, 4) is 0 Å². The monoisotopic (exact) mass is 351 g/mol. The van der Waals surface area contributed by atoms with Crippen molar-refractivity contribution in [2.45, 2.75) is 31.1 Å². The highest BCUT2D eigenvalue weighted by Gasteiger charge is 2.44. The van der Waals surface area contributed by atoms with E-state index in [2.05, 4.69) is 25.0 Å². The fourth-order valence-electron chi connectivity index (χ4n) is 4.43. The zero-order valence-corrected chi connectivity index (χ0v) is 14.7. The van der Waals surface area contributed by atoms with E-state index in [-0.39, 0.29) is 5.41 Å². The van der Waals surface area contributed by atoms with E-state index >= 15 is 0 Å². The van der Waals surface area contributed by atoms with E-state index in [1.807, 2.05) is 13.2 Å². The van der Waals surface area contributed by atoms with Gasteiger partial charge in [0.25, 0.3) is 0 Å². The van der Waals surface area contributed by atoms with Gasteiger partial charge in [-0.05, 0) is 31.2 Å². The highest BCUT2D eigenvalue weighted by Crippen LogP contribution is 2.44. The molecular formula is C17H21N9. The van der Waals surface area contributed by atoms with Crippen LogP contribution in [-0.4, -0.2) is 42.8 Å². The SMILES string of the molecule is Cn1ncc2c(N)nc(N3CCCC4(CCc5cnc(N)nc54)C3)nc21. The van der Waals surface area contributed by atoms with Crippen molar-refractivity contribution in [1.82, 2.24) is 29.7 Å². The largest absolute Gasteiger partial charge is 0.383 e. The van der Waals surface area contributed by atoms with Crippen LogP contribution in [0, 0.1) is 0 Å². The van der Waals surface area contributed by atoms with Gasteiger partial charge in [-0.15, -0.1) is 0 Å². The summed E-state index contributed by atoms with van der Waals surface area (Å²) in [6, 6.07) is 0. The van der Waals surface area contributed by atoms with Crippen molar-refractivity contribution in [2.75, 3.05) is 29.5 Å². The zero-order chi connectivity index (χ0) is 17.9. The average molecular weight is 351 g/mol. The summed E-state index contributed by atoms with van der Waals surface area (Å²) in [5, 5.41) is 5.02. The van der Waals surface area contributed by atoms with E-state index in [0.717, 1.165) is 55.5 Å². The van der Waals surface area contributed by atoms with Crippen molar-refractivity contribution in [3.05, 3.63) is 23.7 Å². The average Bonchev–Trinajstić information content (AvgIpc) is 3.17. The molecule has 0 bridgehead atoms. The van der Waals surface area contributed by atoms with Gasteiger partial charge >= 0.3 is 0 Å². The molecule has 1 aliphatic carbocycles. The molecule has 0 radical (unpaired) electrons. The lowest BCUT2D eigenvalue weighted by molar-refractivity contribution is 0.332. The summed E-state index contributed by atoms with van der Waals surface area (Å²) in [5.74, 6) is 1.48. The third-order valence-electron chi connectivity index (χ3n) is 5.73. The minimum absolute atomic E-state index is 0.00974. The van der Waals surface area contributed by atoms with Gasteiger partial charge in [-0.25, -0.2) is 9.97 Å². The number of hydrogen-bond acceptors (Lipinski definition) is 8. The van der Waals surface area contributed by atoms with Gasteiger partial charge in [-0.2, -0.15) is 15.1 Å². The Morgan fingerprint density at radius 1 is 1.12 bits per heavy atom. The van der Waals surface area contributed by atoms with Gasteiger partial charge in [-0.1, -0.05) is 0 Å². The number of nitrogen functional groups attached to an aromatic ring is 2. The van der Waals surface area contributed by atoms with E-state index in [9.17, 15) is 0 Å². The van der Waals surface area contributed by atoms with E-state index in [4.69, 9.17) is 16.5 Å². The second kappa shape index (κ2) is 5.26. The number of rotatable bonds is 1. The first-order valence-corrected chi connectivity index (χ1v) is 8.88. The third kappa shape index (κ3) is 2.12. The minimum atomic E-state index is -0.00974. The number of nitrogens with two attached hydrogens (primary N) is 2. The Balaban J connectivity index is 1.55. The Hall–Kier alpha value is -2.97.